The van der Waals surface area contributed by atoms with Crippen molar-refractivity contribution in [3.63, 3.8) is 0 Å². The fourth-order valence-corrected chi connectivity index (χ4v) is 0.604. The van der Waals surface area contributed by atoms with Gasteiger partial charge >= 0.3 is 30.0 Å². The SMILES string of the molecule is Cc1[c-]cccc1C.[Zn+][Br]. The number of aryl methyl sites for hydroxylation is 2. The van der Waals surface area contributed by atoms with E-state index in [1.165, 1.54) is 27.5 Å². The molecule has 0 aliphatic heterocycles. The number of halogens is 1. The van der Waals surface area contributed by atoms with Crippen LogP contribution >= 0.6 is 13.6 Å². The molecule has 1 aromatic rings. The average Bonchev–Trinajstić information content (AvgIpc) is 2.00. The van der Waals surface area contributed by atoms with Crippen LogP contribution < -0.4 is 0 Å². The summed E-state index contributed by atoms with van der Waals surface area (Å²) in [5, 5.41) is 0. The van der Waals surface area contributed by atoms with Crippen molar-refractivity contribution in [2.75, 3.05) is 0 Å². The van der Waals surface area contributed by atoms with Crippen molar-refractivity contribution >= 4 is 13.6 Å². The van der Waals surface area contributed by atoms with Gasteiger partial charge in [-0.3, -0.25) is 0 Å². The van der Waals surface area contributed by atoms with Crippen LogP contribution in [0.25, 0.3) is 0 Å². The van der Waals surface area contributed by atoms with Crippen molar-refractivity contribution < 1.29 is 16.3 Å². The summed E-state index contributed by atoms with van der Waals surface area (Å²) in [4.78, 5) is 0. The summed E-state index contributed by atoms with van der Waals surface area (Å²) < 4.78 is 0. The van der Waals surface area contributed by atoms with Gasteiger partial charge in [-0.2, -0.15) is 35.4 Å². The predicted octanol–water partition coefficient (Wildman–Crippen LogP) is 2.95. The molecule has 0 N–H and O–H groups in total. The van der Waals surface area contributed by atoms with Gasteiger partial charge in [-0.05, 0) is 0 Å². The van der Waals surface area contributed by atoms with E-state index in [4.69, 9.17) is 0 Å². The summed E-state index contributed by atoms with van der Waals surface area (Å²) in [6.07, 6.45) is 0. The van der Waals surface area contributed by atoms with Crippen molar-refractivity contribution in [1.29, 1.82) is 0 Å². The van der Waals surface area contributed by atoms with Crippen LogP contribution in [0.15, 0.2) is 18.2 Å². The molecule has 1 rings (SSSR count). The van der Waals surface area contributed by atoms with Gasteiger partial charge in [0.25, 0.3) is 0 Å². The summed E-state index contributed by atoms with van der Waals surface area (Å²) in [6.45, 7) is 4.15. The van der Waals surface area contributed by atoms with Gasteiger partial charge < -0.3 is 0 Å². The average molecular weight is 250 g/mol. The van der Waals surface area contributed by atoms with E-state index in [-0.39, 0.29) is 0 Å². The van der Waals surface area contributed by atoms with E-state index in [0.717, 1.165) is 0 Å². The second-order valence-electron chi connectivity index (χ2n) is 1.98. The molecule has 0 unspecified atom stereocenters. The standard InChI is InChI=1S/C8H9.BrH.Zn/c1-7-5-3-4-6-8(7)2;;/h3-5H,1-2H3;1H;/q-1;;+2/p-1. The Morgan fingerprint density at radius 1 is 1.40 bits per heavy atom. The minimum absolute atomic E-state index is 1.19. The molecule has 0 heterocycles. The molecule has 0 saturated carbocycles. The first-order valence-corrected chi connectivity index (χ1v) is 9.96. The van der Waals surface area contributed by atoms with Crippen LogP contribution in [-0.2, 0) is 16.3 Å². The van der Waals surface area contributed by atoms with Crippen molar-refractivity contribution in [1.82, 2.24) is 0 Å². The first-order chi connectivity index (χ1) is 4.80. The van der Waals surface area contributed by atoms with E-state index >= 15 is 0 Å². The molecule has 0 amide bonds. The Labute approximate surface area is 79.1 Å². The number of rotatable bonds is 0. The molecule has 0 aromatic heterocycles. The predicted molar refractivity (Wildman–Crippen MR) is 43.7 cm³/mol. The summed E-state index contributed by atoms with van der Waals surface area (Å²) in [6, 6.07) is 9.12. The third-order valence-corrected chi connectivity index (χ3v) is 1.33. The van der Waals surface area contributed by atoms with Gasteiger partial charge in [0.05, 0.1) is 0 Å². The molecule has 0 radical (unpaired) electrons. The van der Waals surface area contributed by atoms with Gasteiger partial charge in [0.2, 0.25) is 0 Å². The molecule has 0 nitrogen and oxygen atoms in total. The van der Waals surface area contributed by atoms with Crippen LogP contribution in [0.1, 0.15) is 11.1 Å². The van der Waals surface area contributed by atoms with Gasteiger partial charge in [0.15, 0.2) is 0 Å². The Bertz CT molecular complexity index is 165. The monoisotopic (exact) mass is 248 g/mol. The molecular formula is C8H9BrZn. The molecule has 0 fully saturated rings. The van der Waals surface area contributed by atoms with Gasteiger partial charge in [0.1, 0.15) is 0 Å². The van der Waals surface area contributed by atoms with Crippen LogP contribution in [-0.4, -0.2) is 0 Å². The quantitative estimate of drug-likeness (QED) is 0.490. The zero-order chi connectivity index (χ0) is 7.98. The number of hydrogen-bond acceptors (Lipinski definition) is 0. The van der Waals surface area contributed by atoms with Crippen LogP contribution in [0.5, 0.6) is 0 Å². The third-order valence-electron chi connectivity index (χ3n) is 1.33. The third kappa shape index (κ3) is 3.48. The molecule has 0 aliphatic rings. The van der Waals surface area contributed by atoms with Gasteiger partial charge in [-0.1, -0.05) is 13.8 Å². The molecule has 0 spiro atoms. The Hall–Kier alpha value is 0.323. The van der Waals surface area contributed by atoms with Crippen LogP contribution in [0.3, 0.4) is 0 Å². The molecule has 10 heavy (non-hydrogen) atoms. The molecule has 0 saturated heterocycles. The van der Waals surface area contributed by atoms with Crippen molar-refractivity contribution in [3.8, 4) is 0 Å². The first-order valence-electron chi connectivity index (χ1n) is 3.01. The normalized spacial score (nSPS) is 8.10. The molecule has 50 valence electrons. The van der Waals surface area contributed by atoms with E-state index in [0.29, 0.717) is 0 Å². The van der Waals surface area contributed by atoms with Crippen LogP contribution in [0, 0.1) is 19.9 Å². The fraction of sp³-hybridized carbons (Fsp3) is 0.250. The second-order valence-corrected chi connectivity index (χ2v) is 1.98. The molecule has 0 bridgehead atoms. The zero-order valence-electron chi connectivity index (χ0n) is 6.32. The molecule has 0 aliphatic carbocycles. The maximum atomic E-state index is 3.10. The summed E-state index contributed by atoms with van der Waals surface area (Å²) in [5.41, 5.74) is 2.56. The zero-order valence-corrected chi connectivity index (χ0v) is 10.9. The topological polar surface area (TPSA) is 0 Å². The number of hydrogen-bond donors (Lipinski definition) is 0. The molecular weight excluding hydrogens is 241 g/mol. The second kappa shape index (κ2) is 6.06. The first kappa shape index (κ1) is 10.3. The van der Waals surface area contributed by atoms with E-state index in [1.54, 1.807) is 0 Å². The van der Waals surface area contributed by atoms with Gasteiger partial charge in [-0.15, -0.1) is 0 Å². The van der Waals surface area contributed by atoms with E-state index in [9.17, 15) is 0 Å². The van der Waals surface area contributed by atoms with Crippen LogP contribution in [0.4, 0.5) is 0 Å². The van der Waals surface area contributed by atoms with Crippen molar-refractivity contribution in [2.45, 2.75) is 13.8 Å². The molecule has 2 heteroatoms. The summed E-state index contributed by atoms with van der Waals surface area (Å²) in [5.74, 6) is 0. The van der Waals surface area contributed by atoms with E-state index in [1.807, 2.05) is 12.1 Å². The molecule has 1 aromatic carbocycles. The van der Waals surface area contributed by atoms with Gasteiger partial charge in [-0.25, -0.2) is 0 Å². The summed E-state index contributed by atoms with van der Waals surface area (Å²) in [7, 11) is 0. The summed E-state index contributed by atoms with van der Waals surface area (Å²) >= 11 is 4.25. The Morgan fingerprint density at radius 3 is 2.30 bits per heavy atom. The van der Waals surface area contributed by atoms with Crippen molar-refractivity contribution in [2.24, 2.45) is 0 Å². The Kier molecular flexibility index (Phi) is 6.26. The molecule has 0 atom stereocenters. The maximum absolute atomic E-state index is 3.10. The van der Waals surface area contributed by atoms with E-state index < -0.39 is 0 Å². The fourth-order valence-electron chi connectivity index (χ4n) is 0.604. The van der Waals surface area contributed by atoms with Crippen molar-refractivity contribution in [3.05, 3.63) is 35.4 Å². The Balaban J connectivity index is 0.000000371. The Morgan fingerprint density at radius 2 is 2.00 bits per heavy atom. The van der Waals surface area contributed by atoms with E-state index in [2.05, 4.69) is 39.6 Å². The number of benzene rings is 1. The van der Waals surface area contributed by atoms with Crippen LogP contribution in [0.2, 0.25) is 0 Å². The minimum atomic E-state index is 1.19. The van der Waals surface area contributed by atoms with Gasteiger partial charge in [0, 0.05) is 0 Å².